The molecule has 0 saturated carbocycles. The van der Waals surface area contributed by atoms with Gasteiger partial charge in [-0.1, -0.05) is 149 Å². The summed E-state index contributed by atoms with van der Waals surface area (Å²) in [5, 5.41) is 12.2. The molecular weight excluding hydrogens is 937 g/mol. The van der Waals surface area contributed by atoms with Crippen LogP contribution in [0.1, 0.15) is 119 Å². The van der Waals surface area contributed by atoms with E-state index in [1.54, 1.807) is 36.4 Å². The number of anilines is 6. The first-order valence-electron chi connectivity index (χ1n) is 25.5. The van der Waals surface area contributed by atoms with Crippen molar-refractivity contribution in [3.8, 4) is 0 Å². The van der Waals surface area contributed by atoms with Crippen LogP contribution in [0.3, 0.4) is 0 Å². The molecule has 0 spiro atoms. The molecule has 2 aliphatic carbocycles. The standard InChI is InChI=1S/C60H70N4O6S2/c1-7-9-11-13-15-17-39-71(67,68)61-55-41-51(63(47-27-19-43(3)20-28-47)48-29-21-44(4)22-30-48)35-37-53(55)57-59(65)58(60(57)66)54-38-36-52(42-56(54)62-72(69,70)40-18-16-14-12-10-8-2)64(49-31-23-45(5)24-32-49)50-33-25-46(6)26-34-50/h19-38,41-42,61,65H,7-18,39-40H2,1-6H3/b58-54+,62-56?. The second-order valence-corrected chi connectivity index (χ2v) is 22.8. The molecule has 0 saturated heterocycles. The minimum Gasteiger partial charge on any atom is -0.506 e. The van der Waals surface area contributed by atoms with Gasteiger partial charge in [0.1, 0.15) is 5.76 Å². The summed E-state index contributed by atoms with van der Waals surface area (Å²) >= 11 is 0. The summed E-state index contributed by atoms with van der Waals surface area (Å²) in [7, 11) is -7.99. The quantitative estimate of drug-likeness (QED) is 0.0461. The molecule has 0 atom stereocenters. The molecule has 0 radical (unpaired) electrons. The zero-order chi connectivity index (χ0) is 51.4. The lowest BCUT2D eigenvalue weighted by molar-refractivity contribution is -0.111. The predicted octanol–water partition coefficient (Wildman–Crippen LogP) is 15.1. The maximum Gasteiger partial charge on any atom is 0.253 e. The monoisotopic (exact) mass is 1010 g/mol. The van der Waals surface area contributed by atoms with Crippen molar-refractivity contribution >= 4 is 71.2 Å². The fourth-order valence-electron chi connectivity index (χ4n) is 9.04. The highest BCUT2D eigenvalue weighted by atomic mass is 32.2. The number of hydrogen-bond acceptors (Lipinski definition) is 8. The SMILES string of the molecule is CCCCCCCCS(=O)(=O)N=C1C=C(N(c2ccc(C)cc2)c2ccc(C)cc2)C=C/C1=C1\C(=O)C(c2ccc(N(c3ccc(C)cc3)c3ccc(C)cc3)cc2NS(=O)(=O)CCCCCCCC)=C1O. The summed E-state index contributed by atoms with van der Waals surface area (Å²) < 4.78 is 63.1. The summed E-state index contributed by atoms with van der Waals surface area (Å²) in [6.45, 7) is 12.3. The third-order valence-electron chi connectivity index (χ3n) is 13.2. The summed E-state index contributed by atoms with van der Waals surface area (Å²) in [6.07, 6.45) is 15.8. The number of carbonyl (C=O) groups excluding carboxylic acids is 1. The third kappa shape index (κ3) is 13.5. The Morgan fingerprint density at radius 1 is 0.514 bits per heavy atom. The first-order valence-corrected chi connectivity index (χ1v) is 28.8. The Labute approximate surface area is 428 Å². The van der Waals surface area contributed by atoms with Gasteiger partial charge < -0.3 is 14.9 Å². The lowest BCUT2D eigenvalue weighted by Crippen LogP contribution is -2.28. The van der Waals surface area contributed by atoms with E-state index in [1.165, 1.54) is 0 Å². The summed E-state index contributed by atoms with van der Waals surface area (Å²) in [5.74, 6) is -1.25. The van der Waals surface area contributed by atoms with Crippen molar-refractivity contribution in [2.24, 2.45) is 4.40 Å². The number of nitrogens with zero attached hydrogens (tertiary/aromatic N) is 3. The number of Topliss-reactive ketones (excluding diaryl/α,β-unsaturated/α-hetero) is 1. The van der Waals surface area contributed by atoms with Crippen LogP contribution in [-0.2, 0) is 24.8 Å². The van der Waals surface area contributed by atoms with Gasteiger partial charge in [-0.3, -0.25) is 9.52 Å². The molecule has 0 bridgehead atoms. The predicted molar refractivity (Wildman–Crippen MR) is 299 cm³/mol. The molecular formula is C60H70N4O6S2. The van der Waals surface area contributed by atoms with Crippen LogP contribution < -0.4 is 14.5 Å². The molecule has 0 heterocycles. The van der Waals surface area contributed by atoms with Crippen molar-refractivity contribution in [1.29, 1.82) is 0 Å². The number of allylic oxidation sites excluding steroid dienone is 6. The van der Waals surface area contributed by atoms with E-state index in [2.05, 4.69) is 23.0 Å². The zero-order valence-corrected chi connectivity index (χ0v) is 44.4. The fourth-order valence-corrected chi connectivity index (χ4v) is 11.3. The number of rotatable bonds is 24. The molecule has 7 rings (SSSR count). The van der Waals surface area contributed by atoms with Crippen molar-refractivity contribution in [2.45, 2.75) is 119 Å². The Bertz CT molecular complexity index is 3010. The second-order valence-electron chi connectivity index (χ2n) is 19.2. The van der Waals surface area contributed by atoms with Gasteiger partial charge >= 0.3 is 0 Å². The van der Waals surface area contributed by atoms with Gasteiger partial charge in [-0.2, -0.15) is 4.40 Å². The van der Waals surface area contributed by atoms with E-state index in [-0.39, 0.29) is 50.9 Å². The molecule has 12 heteroatoms. The van der Waals surface area contributed by atoms with E-state index in [1.807, 2.05) is 135 Å². The van der Waals surface area contributed by atoms with Crippen molar-refractivity contribution in [2.75, 3.05) is 26.0 Å². The summed E-state index contributed by atoms with van der Waals surface area (Å²) in [5.41, 5.74) is 9.16. The normalized spacial score (nSPS) is 15.4. The number of carbonyl (C=O) groups is 1. The van der Waals surface area contributed by atoms with Crippen LogP contribution in [0.2, 0.25) is 0 Å². The minimum absolute atomic E-state index is 0.0127. The van der Waals surface area contributed by atoms with E-state index in [4.69, 9.17) is 0 Å². The average Bonchev–Trinajstić information content (AvgIpc) is 3.35. The number of benzene rings is 5. The lowest BCUT2D eigenvalue weighted by Gasteiger charge is -2.30. The molecule has 2 N–H and O–H groups in total. The van der Waals surface area contributed by atoms with Crippen LogP contribution in [0, 0.1) is 27.7 Å². The molecule has 0 amide bonds. The fraction of sp³-hybridized carbons (Fsp3) is 0.333. The van der Waals surface area contributed by atoms with Gasteiger partial charge in [-0.05, 0) is 125 Å². The first-order chi connectivity index (χ1) is 34.6. The number of hydrogen-bond donors (Lipinski definition) is 2. The van der Waals surface area contributed by atoms with Crippen molar-refractivity contribution in [3.05, 3.63) is 184 Å². The summed E-state index contributed by atoms with van der Waals surface area (Å²) in [4.78, 5) is 18.8. The van der Waals surface area contributed by atoms with Crippen LogP contribution in [0.5, 0.6) is 0 Å². The van der Waals surface area contributed by atoms with E-state index in [9.17, 15) is 26.7 Å². The number of sulfonamides is 2. The molecule has 5 aromatic carbocycles. The number of nitrogens with one attached hydrogen (secondary N) is 1. The van der Waals surface area contributed by atoms with E-state index in [0.29, 0.717) is 24.2 Å². The number of aliphatic hydroxyl groups is 1. The Morgan fingerprint density at radius 3 is 1.42 bits per heavy atom. The highest BCUT2D eigenvalue weighted by Gasteiger charge is 2.40. The smallest absolute Gasteiger partial charge is 0.253 e. The third-order valence-corrected chi connectivity index (χ3v) is 15.8. The van der Waals surface area contributed by atoms with E-state index < -0.39 is 25.8 Å². The molecule has 0 fully saturated rings. The molecule has 0 aromatic heterocycles. The zero-order valence-electron chi connectivity index (χ0n) is 42.7. The Hall–Kier alpha value is -6.50. The lowest BCUT2D eigenvalue weighted by atomic mass is 9.78. The Balaban J connectivity index is 1.34. The topological polar surface area (TPSA) is 136 Å². The molecule has 2 aliphatic rings. The van der Waals surface area contributed by atoms with Gasteiger partial charge in [0.05, 0.1) is 34.1 Å². The van der Waals surface area contributed by atoms with Crippen LogP contribution >= 0.6 is 0 Å². The van der Waals surface area contributed by atoms with Crippen molar-refractivity contribution in [1.82, 2.24) is 0 Å². The molecule has 10 nitrogen and oxygen atoms in total. The van der Waals surface area contributed by atoms with Crippen LogP contribution in [0.15, 0.2) is 160 Å². The minimum atomic E-state index is -4.05. The average molecular weight is 1010 g/mol. The first kappa shape index (κ1) is 53.3. The van der Waals surface area contributed by atoms with Gasteiger partial charge in [0.25, 0.3) is 10.0 Å². The van der Waals surface area contributed by atoms with E-state index >= 15 is 0 Å². The van der Waals surface area contributed by atoms with Gasteiger partial charge in [0, 0.05) is 45.3 Å². The van der Waals surface area contributed by atoms with Crippen LogP contribution in [-0.4, -0.2) is 44.9 Å². The maximum atomic E-state index is 14.8. The van der Waals surface area contributed by atoms with Crippen LogP contribution in [0.25, 0.3) is 5.57 Å². The number of aryl methyl sites for hydroxylation is 4. The Morgan fingerprint density at radius 2 is 0.944 bits per heavy atom. The Kier molecular flexibility index (Phi) is 18.0. The van der Waals surface area contributed by atoms with Crippen molar-refractivity contribution < 1.29 is 26.7 Å². The van der Waals surface area contributed by atoms with Crippen molar-refractivity contribution in [3.63, 3.8) is 0 Å². The number of aliphatic hydroxyl groups excluding tert-OH is 1. The van der Waals surface area contributed by atoms with Crippen LogP contribution in [0.4, 0.5) is 34.1 Å². The van der Waals surface area contributed by atoms with Gasteiger partial charge in [-0.25, -0.2) is 16.8 Å². The molecule has 5 aromatic rings. The molecule has 72 heavy (non-hydrogen) atoms. The number of unbranched alkanes of at least 4 members (excludes halogenated alkanes) is 10. The van der Waals surface area contributed by atoms with Gasteiger partial charge in [-0.15, -0.1) is 0 Å². The largest absolute Gasteiger partial charge is 0.506 e. The molecule has 378 valence electrons. The molecule has 0 aliphatic heterocycles. The second kappa shape index (κ2) is 24.3. The highest BCUT2D eigenvalue weighted by molar-refractivity contribution is 7.92. The highest BCUT2D eigenvalue weighted by Crippen LogP contribution is 2.45. The van der Waals surface area contributed by atoms with Gasteiger partial charge in [0.15, 0.2) is 0 Å². The van der Waals surface area contributed by atoms with E-state index in [0.717, 1.165) is 109 Å². The summed E-state index contributed by atoms with van der Waals surface area (Å²) in [6, 6.07) is 37.2. The van der Waals surface area contributed by atoms with Gasteiger partial charge in [0.2, 0.25) is 15.8 Å². The molecule has 0 unspecified atom stereocenters. The maximum absolute atomic E-state index is 14.8. The number of ketones is 1.